The number of non-ortho nitro benzene ring substituents is 1. The first-order valence-electron chi connectivity index (χ1n) is 7.70. The summed E-state index contributed by atoms with van der Waals surface area (Å²) in [5.41, 5.74) is 1.05. The predicted molar refractivity (Wildman–Crippen MR) is 94.6 cm³/mol. The van der Waals surface area contributed by atoms with E-state index >= 15 is 0 Å². The first-order chi connectivity index (χ1) is 12.5. The van der Waals surface area contributed by atoms with Crippen molar-refractivity contribution in [1.82, 2.24) is 10.3 Å². The third-order valence-corrected chi connectivity index (χ3v) is 4.51. The highest BCUT2D eigenvalue weighted by molar-refractivity contribution is 7.13. The van der Waals surface area contributed by atoms with E-state index in [1.54, 1.807) is 23.8 Å². The molecular formula is C17H15N3O5S. The van der Waals surface area contributed by atoms with E-state index in [1.807, 2.05) is 0 Å². The molecule has 0 unspecified atom stereocenters. The Balaban J connectivity index is 1.51. The number of thiazole rings is 1. The van der Waals surface area contributed by atoms with Gasteiger partial charge < -0.3 is 14.8 Å². The van der Waals surface area contributed by atoms with Crippen LogP contribution >= 0.6 is 11.3 Å². The van der Waals surface area contributed by atoms with E-state index in [2.05, 4.69) is 10.3 Å². The third-order valence-electron chi connectivity index (χ3n) is 3.61. The van der Waals surface area contributed by atoms with Crippen molar-refractivity contribution < 1.29 is 19.2 Å². The largest absolute Gasteiger partial charge is 0.462 e. The summed E-state index contributed by atoms with van der Waals surface area (Å²) in [4.78, 5) is 26.5. The lowest BCUT2D eigenvalue weighted by Gasteiger charge is -2.11. The van der Waals surface area contributed by atoms with Crippen molar-refractivity contribution in [2.24, 2.45) is 0 Å². The number of hydrogen-bond acceptors (Lipinski definition) is 7. The number of nitrogens with zero attached hydrogens (tertiary/aromatic N) is 2. The van der Waals surface area contributed by atoms with Crippen LogP contribution in [0.4, 0.5) is 5.69 Å². The average molecular weight is 373 g/mol. The van der Waals surface area contributed by atoms with Gasteiger partial charge in [-0.3, -0.25) is 14.9 Å². The number of rotatable bonds is 7. The van der Waals surface area contributed by atoms with Gasteiger partial charge in [0.25, 0.3) is 5.69 Å². The molecule has 1 atom stereocenters. The maximum absolute atomic E-state index is 12.0. The summed E-state index contributed by atoms with van der Waals surface area (Å²) >= 11 is 1.38. The van der Waals surface area contributed by atoms with Gasteiger partial charge in [0.05, 0.1) is 29.4 Å². The molecule has 0 saturated heterocycles. The molecule has 2 heterocycles. The summed E-state index contributed by atoms with van der Waals surface area (Å²) in [7, 11) is 0. The summed E-state index contributed by atoms with van der Waals surface area (Å²) in [6.45, 7) is 0.00578. The molecule has 0 spiro atoms. The molecule has 0 aliphatic heterocycles. The highest BCUT2D eigenvalue weighted by atomic mass is 32.1. The molecular weight excluding hydrogens is 358 g/mol. The topological polar surface area (TPSA) is 118 Å². The van der Waals surface area contributed by atoms with Gasteiger partial charge in [-0.1, -0.05) is 0 Å². The summed E-state index contributed by atoms with van der Waals surface area (Å²) in [5, 5.41) is 25.8. The fourth-order valence-corrected chi connectivity index (χ4v) is 3.06. The van der Waals surface area contributed by atoms with E-state index in [4.69, 9.17) is 4.42 Å². The Hall–Kier alpha value is -3.04. The van der Waals surface area contributed by atoms with Gasteiger partial charge in [-0.25, -0.2) is 4.98 Å². The molecule has 0 aliphatic rings. The molecule has 0 fully saturated rings. The SMILES string of the molecule is O=C(Cc1csc(-c2ccco2)n1)NC[C@H](O)c1ccc([N+](=O)[O-])cc1. The molecule has 0 saturated carbocycles. The molecule has 0 radical (unpaired) electrons. The van der Waals surface area contributed by atoms with E-state index < -0.39 is 11.0 Å². The minimum Gasteiger partial charge on any atom is -0.462 e. The zero-order chi connectivity index (χ0) is 18.5. The number of aliphatic hydroxyl groups excluding tert-OH is 1. The van der Waals surface area contributed by atoms with Gasteiger partial charge in [0.1, 0.15) is 0 Å². The lowest BCUT2D eigenvalue weighted by molar-refractivity contribution is -0.384. The van der Waals surface area contributed by atoms with E-state index in [9.17, 15) is 20.0 Å². The number of amides is 1. The van der Waals surface area contributed by atoms with Crippen LogP contribution in [-0.4, -0.2) is 27.5 Å². The quantitative estimate of drug-likeness (QED) is 0.485. The second-order valence-corrected chi connectivity index (χ2v) is 6.32. The molecule has 1 aromatic carbocycles. The monoisotopic (exact) mass is 373 g/mol. The molecule has 2 aromatic heterocycles. The molecule has 1 amide bonds. The lowest BCUT2D eigenvalue weighted by Crippen LogP contribution is -2.29. The van der Waals surface area contributed by atoms with E-state index in [0.29, 0.717) is 22.0 Å². The van der Waals surface area contributed by atoms with E-state index in [0.717, 1.165) is 0 Å². The van der Waals surface area contributed by atoms with Crippen LogP contribution in [0.3, 0.4) is 0 Å². The standard InChI is InChI=1S/C17H15N3O5S/c21-14(11-3-5-13(6-4-11)20(23)24)9-18-16(22)8-12-10-26-17(19-12)15-2-1-7-25-15/h1-7,10,14,21H,8-9H2,(H,18,22)/t14-/m0/s1. The van der Waals surface area contributed by atoms with Crippen molar-refractivity contribution in [3.8, 4) is 10.8 Å². The zero-order valence-electron chi connectivity index (χ0n) is 13.5. The fourth-order valence-electron chi connectivity index (χ4n) is 2.28. The minimum atomic E-state index is -0.950. The Morgan fingerprint density at radius 2 is 2.12 bits per heavy atom. The summed E-state index contributed by atoms with van der Waals surface area (Å²) < 4.78 is 5.26. The minimum absolute atomic E-state index is 0.00578. The van der Waals surface area contributed by atoms with Crippen LogP contribution in [0, 0.1) is 10.1 Å². The van der Waals surface area contributed by atoms with E-state index in [-0.39, 0.29) is 24.6 Å². The van der Waals surface area contributed by atoms with Gasteiger partial charge >= 0.3 is 0 Å². The van der Waals surface area contributed by atoms with Crippen molar-refractivity contribution >= 4 is 22.9 Å². The van der Waals surface area contributed by atoms with Gasteiger partial charge in [-0.2, -0.15) is 0 Å². The van der Waals surface area contributed by atoms with Crippen LogP contribution in [0.1, 0.15) is 17.4 Å². The van der Waals surface area contributed by atoms with Crippen molar-refractivity contribution in [2.75, 3.05) is 6.54 Å². The number of hydrogen-bond donors (Lipinski definition) is 2. The van der Waals surface area contributed by atoms with Gasteiger partial charge in [0.2, 0.25) is 5.91 Å². The van der Waals surface area contributed by atoms with Crippen LogP contribution in [-0.2, 0) is 11.2 Å². The second kappa shape index (κ2) is 7.89. The number of nitro benzene ring substituents is 1. The molecule has 3 rings (SSSR count). The van der Waals surface area contributed by atoms with Crippen LogP contribution < -0.4 is 5.32 Å². The third kappa shape index (κ3) is 4.32. The second-order valence-electron chi connectivity index (χ2n) is 5.47. The highest BCUT2D eigenvalue weighted by Gasteiger charge is 2.14. The van der Waals surface area contributed by atoms with Crippen LogP contribution in [0.2, 0.25) is 0 Å². The van der Waals surface area contributed by atoms with Gasteiger partial charge in [0, 0.05) is 24.1 Å². The molecule has 134 valence electrons. The van der Waals surface area contributed by atoms with Crippen molar-refractivity contribution in [2.45, 2.75) is 12.5 Å². The smallest absolute Gasteiger partial charge is 0.269 e. The molecule has 8 nitrogen and oxygen atoms in total. The number of nitro groups is 1. The Morgan fingerprint density at radius 1 is 1.35 bits per heavy atom. The maximum Gasteiger partial charge on any atom is 0.269 e. The van der Waals surface area contributed by atoms with Crippen molar-refractivity contribution in [1.29, 1.82) is 0 Å². The molecule has 3 aromatic rings. The van der Waals surface area contributed by atoms with Crippen molar-refractivity contribution in [3.63, 3.8) is 0 Å². The lowest BCUT2D eigenvalue weighted by atomic mass is 10.1. The highest BCUT2D eigenvalue weighted by Crippen LogP contribution is 2.24. The number of carbonyl (C=O) groups is 1. The van der Waals surface area contributed by atoms with Crippen molar-refractivity contribution in [3.05, 3.63) is 69.4 Å². The Bertz CT molecular complexity index is 890. The summed E-state index contributed by atoms with van der Waals surface area (Å²) in [6.07, 6.45) is 0.696. The number of aromatic nitrogens is 1. The average Bonchev–Trinajstić information content (AvgIpc) is 3.31. The van der Waals surface area contributed by atoms with Crippen LogP contribution in [0.25, 0.3) is 10.8 Å². The van der Waals surface area contributed by atoms with Gasteiger partial charge in [0.15, 0.2) is 10.8 Å². The Kier molecular flexibility index (Phi) is 5.40. The first kappa shape index (κ1) is 17.8. The number of nitrogens with one attached hydrogen (secondary N) is 1. The summed E-state index contributed by atoms with van der Waals surface area (Å²) in [5.74, 6) is 0.373. The van der Waals surface area contributed by atoms with Gasteiger partial charge in [-0.15, -0.1) is 11.3 Å². The molecule has 0 bridgehead atoms. The Morgan fingerprint density at radius 3 is 2.77 bits per heavy atom. The molecule has 2 N–H and O–H groups in total. The Labute approximate surface area is 152 Å². The molecule has 9 heteroatoms. The zero-order valence-corrected chi connectivity index (χ0v) is 14.3. The fraction of sp³-hybridized carbons (Fsp3) is 0.176. The van der Waals surface area contributed by atoms with Crippen LogP contribution in [0.5, 0.6) is 0 Å². The number of furan rings is 1. The van der Waals surface area contributed by atoms with Crippen LogP contribution in [0.15, 0.2) is 52.5 Å². The first-order valence-corrected chi connectivity index (χ1v) is 8.58. The molecule has 26 heavy (non-hydrogen) atoms. The normalized spacial score (nSPS) is 11.9. The summed E-state index contributed by atoms with van der Waals surface area (Å²) in [6, 6.07) is 9.11. The number of benzene rings is 1. The van der Waals surface area contributed by atoms with Gasteiger partial charge in [-0.05, 0) is 29.8 Å². The van der Waals surface area contributed by atoms with E-state index in [1.165, 1.54) is 35.6 Å². The predicted octanol–water partition coefficient (Wildman–Crippen LogP) is 2.70. The number of carbonyl (C=O) groups excluding carboxylic acids is 1. The maximum atomic E-state index is 12.0. The molecule has 0 aliphatic carbocycles. The number of aliphatic hydroxyl groups is 1.